The number of nitrogens with zero attached hydrogens (tertiary/aromatic N) is 4. The van der Waals surface area contributed by atoms with Crippen LogP contribution in [0.2, 0.25) is 20.1 Å². The van der Waals surface area contributed by atoms with Gasteiger partial charge in [0.1, 0.15) is 45.9 Å². The zero-order valence-electron chi connectivity index (χ0n) is 30.5. The van der Waals surface area contributed by atoms with E-state index in [9.17, 15) is 20.2 Å². The van der Waals surface area contributed by atoms with Crippen molar-refractivity contribution in [2.45, 2.75) is 25.0 Å². The van der Waals surface area contributed by atoms with Gasteiger partial charge in [0.2, 0.25) is 11.8 Å². The van der Waals surface area contributed by atoms with Crippen LogP contribution in [0.3, 0.4) is 0 Å². The first-order chi connectivity index (χ1) is 28.1. The van der Waals surface area contributed by atoms with Crippen molar-refractivity contribution in [1.29, 1.82) is 0 Å². The Kier molecular flexibility index (Phi) is 18.8. The second-order valence-corrected chi connectivity index (χ2v) is 15.1. The molecule has 0 radical (unpaired) electrons. The zero-order chi connectivity index (χ0) is 43.2. The molecule has 4 rings (SSSR count). The second-order valence-electron chi connectivity index (χ2n) is 11.5. The van der Waals surface area contributed by atoms with Crippen LogP contribution in [0.5, 0.6) is 35.0 Å². The highest BCUT2D eigenvalue weighted by Crippen LogP contribution is 2.41. The van der Waals surface area contributed by atoms with Crippen LogP contribution in [0.25, 0.3) is 0 Å². The summed E-state index contributed by atoms with van der Waals surface area (Å²) in [6.45, 7) is 0.117. The molecule has 59 heavy (non-hydrogen) atoms. The van der Waals surface area contributed by atoms with Crippen molar-refractivity contribution in [3.05, 3.63) is 121 Å². The van der Waals surface area contributed by atoms with E-state index in [2.05, 4.69) is 9.97 Å². The third-order valence-electron chi connectivity index (χ3n) is 7.71. The van der Waals surface area contributed by atoms with Gasteiger partial charge >= 0.3 is 11.4 Å². The van der Waals surface area contributed by atoms with Gasteiger partial charge in [0.25, 0.3) is 11.8 Å². The van der Waals surface area contributed by atoms with Gasteiger partial charge in [-0.05, 0) is 36.4 Å². The van der Waals surface area contributed by atoms with Gasteiger partial charge in [-0.15, -0.1) is 0 Å². The number of hydrogen-bond donors (Lipinski definition) is 0. The number of methoxy groups -OCH3 is 2. The van der Waals surface area contributed by atoms with Crippen molar-refractivity contribution >= 4 is 104 Å². The van der Waals surface area contributed by atoms with Gasteiger partial charge in [0, 0.05) is 48.2 Å². The Hall–Kier alpha value is -3.90. The van der Waals surface area contributed by atoms with Gasteiger partial charge in [0.15, 0.2) is 0 Å². The number of halogens is 8. The SMILES string of the molecule is COc1nc(OC(CCOCCC(Oc2ccc([N+](=O)[O-])c(OC)n2)c2c(Cl)cc(OCC=C(Cl)Cl)cc2Cl)c2c(Cl)cc(OCC=C(Cl)Cl)cc2Cl)ccc1[N+](=O)[O-]. The highest BCUT2D eigenvalue weighted by molar-refractivity contribution is 6.56. The van der Waals surface area contributed by atoms with Crippen molar-refractivity contribution in [2.24, 2.45) is 0 Å². The smallest absolute Gasteiger partial charge is 0.331 e. The molecule has 0 bridgehead atoms. The Morgan fingerprint density at radius 3 is 1.31 bits per heavy atom. The van der Waals surface area contributed by atoms with Crippen LogP contribution >= 0.6 is 92.8 Å². The van der Waals surface area contributed by atoms with Crippen molar-refractivity contribution in [3.8, 4) is 35.0 Å². The molecular formula is C36H30Cl8N4O11. The number of hydrogen-bond acceptors (Lipinski definition) is 13. The lowest BCUT2D eigenvalue weighted by Gasteiger charge is -2.23. The molecule has 316 valence electrons. The molecule has 0 N–H and O–H groups in total. The summed E-state index contributed by atoms with van der Waals surface area (Å²) in [6, 6.07) is 11.0. The van der Waals surface area contributed by atoms with Crippen molar-refractivity contribution in [1.82, 2.24) is 9.97 Å². The summed E-state index contributed by atoms with van der Waals surface area (Å²) >= 11 is 49.6. The maximum atomic E-state index is 11.5. The first kappa shape index (κ1) is 47.8. The van der Waals surface area contributed by atoms with E-state index in [-0.39, 0.29) is 103 Å². The van der Waals surface area contributed by atoms with Crippen molar-refractivity contribution in [3.63, 3.8) is 0 Å². The average molecular weight is 978 g/mol. The number of aromatic nitrogens is 2. The minimum absolute atomic E-state index is 0.0101. The summed E-state index contributed by atoms with van der Waals surface area (Å²) < 4.78 is 39.9. The molecule has 0 fully saturated rings. The van der Waals surface area contributed by atoms with Gasteiger partial charge in [-0.25, -0.2) is 0 Å². The molecule has 0 spiro atoms. The van der Waals surface area contributed by atoms with Crippen molar-refractivity contribution in [2.75, 3.05) is 40.6 Å². The standard InChI is InChI=1S/C36H30Cl8N4O11/c1-53-35-25(47(49)50)3-5-31(45-35)58-27(33-21(37)15-19(16-22(33)38)56-13-9-29(41)42)7-11-55-12-8-28(59-32-6-4-26(48(51)52)36(46-32)54-2)34-23(39)17-20(18-24(34)40)57-14-10-30(43)44/h3-6,9-10,15-18,27-28H,7-8,11-14H2,1-2H3. The largest absolute Gasteiger partial charge is 0.489 e. The molecule has 2 atom stereocenters. The second kappa shape index (κ2) is 23.2. The molecule has 0 aliphatic rings. The summed E-state index contributed by atoms with van der Waals surface area (Å²) in [7, 11) is 2.46. The van der Waals surface area contributed by atoms with E-state index in [1.54, 1.807) is 0 Å². The fourth-order valence-corrected chi connectivity index (χ4v) is 6.82. The Morgan fingerprint density at radius 2 is 1.00 bits per heavy atom. The summed E-state index contributed by atoms with van der Waals surface area (Å²) in [5.41, 5.74) is -0.0894. The van der Waals surface area contributed by atoms with Crippen LogP contribution in [-0.4, -0.2) is 60.5 Å². The Bertz CT molecular complexity index is 1990. The number of nitro groups is 2. The molecule has 2 aromatic heterocycles. The third kappa shape index (κ3) is 14.1. The van der Waals surface area contributed by atoms with Crippen LogP contribution in [0.4, 0.5) is 11.4 Å². The van der Waals surface area contributed by atoms with Crippen LogP contribution in [0.1, 0.15) is 36.2 Å². The maximum Gasteiger partial charge on any atom is 0.331 e. The van der Waals surface area contributed by atoms with Crippen LogP contribution in [0.15, 0.2) is 69.7 Å². The van der Waals surface area contributed by atoms with Gasteiger partial charge < -0.3 is 33.2 Å². The number of rotatable bonds is 22. The molecular weight excluding hydrogens is 948 g/mol. The quantitative estimate of drug-likeness (QED) is 0.0413. The summed E-state index contributed by atoms with van der Waals surface area (Å²) in [6.07, 6.45) is 1.23. The summed E-state index contributed by atoms with van der Waals surface area (Å²) in [5, 5.41) is 23.6. The third-order valence-corrected chi connectivity index (χ3v) is 9.58. The molecule has 15 nitrogen and oxygen atoms in total. The molecule has 0 aliphatic heterocycles. The Morgan fingerprint density at radius 1 is 0.644 bits per heavy atom. The van der Waals surface area contributed by atoms with E-state index in [1.165, 1.54) is 74.9 Å². The topological polar surface area (TPSA) is 177 Å². The molecule has 4 aromatic rings. The fourth-order valence-electron chi connectivity index (χ4n) is 5.15. The van der Waals surface area contributed by atoms with E-state index in [0.29, 0.717) is 22.6 Å². The molecule has 0 saturated heterocycles. The molecule has 0 saturated carbocycles. The van der Waals surface area contributed by atoms with Crippen LogP contribution in [-0.2, 0) is 4.74 Å². The van der Waals surface area contributed by atoms with Gasteiger partial charge in [0.05, 0.1) is 57.4 Å². The fraction of sp³-hybridized carbons (Fsp3) is 0.278. The summed E-state index contributed by atoms with van der Waals surface area (Å²) in [5.74, 6) is -0.0313. The minimum Gasteiger partial charge on any atom is -0.489 e. The van der Waals surface area contributed by atoms with Crippen molar-refractivity contribution < 1.29 is 43.0 Å². The molecule has 0 aliphatic carbocycles. The average Bonchev–Trinajstić information content (AvgIpc) is 3.16. The lowest BCUT2D eigenvalue weighted by molar-refractivity contribution is -0.386. The lowest BCUT2D eigenvalue weighted by Crippen LogP contribution is -2.16. The molecule has 2 aromatic carbocycles. The number of benzene rings is 2. The monoisotopic (exact) mass is 974 g/mol. The first-order valence-electron chi connectivity index (χ1n) is 16.7. The van der Waals surface area contributed by atoms with E-state index >= 15 is 0 Å². The highest BCUT2D eigenvalue weighted by atomic mass is 35.5. The summed E-state index contributed by atoms with van der Waals surface area (Å²) in [4.78, 5) is 29.9. The van der Waals surface area contributed by atoms with Gasteiger partial charge in [-0.1, -0.05) is 92.8 Å². The van der Waals surface area contributed by atoms with E-state index in [0.717, 1.165) is 0 Å². The van der Waals surface area contributed by atoms with Crippen LogP contribution in [0, 0.1) is 20.2 Å². The molecule has 0 amide bonds. The predicted octanol–water partition coefficient (Wildman–Crippen LogP) is 12.1. The normalized spacial score (nSPS) is 11.8. The zero-order valence-corrected chi connectivity index (χ0v) is 36.5. The maximum absolute atomic E-state index is 11.5. The van der Waals surface area contributed by atoms with Gasteiger partial charge in [-0.3, -0.25) is 20.2 Å². The number of pyridine rings is 2. The Labute approximate surface area is 376 Å². The molecule has 2 heterocycles. The highest BCUT2D eigenvalue weighted by Gasteiger charge is 2.27. The predicted molar refractivity (Wildman–Crippen MR) is 225 cm³/mol. The van der Waals surface area contributed by atoms with Crippen LogP contribution < -0.4 is 28.4 Å². The van der Waals surface area contributed by atoms with E-state index in [4.69, 9.17) is 126 Å². The minimum atomic E-state index is -0.927. The van der Waals surface area contributed by atoms with E-state index in [1.807, 2.05) is 0 Å². The molecule has 23 heteroatoms. The first-order valence-corrected chi connectivity index (χ1v) is 19.7. The van der Waals surface area contributed by atoms with E-state index < -0.39 is 22.1 Å². The Balaban J connectivity index is 1.59. The van der Waals surface area contributed by atoms with Gasteiger partial charge in [-0.2, -0.15) is 9.97 Å². The lowest BCUT2D eigenvalue weighted by atomic mass is 10.1. The molecule has 2 unspecified atom stereocenters. The number of ether oxygens (including phenoxy) is 7.